The Hall–Kier alpha value is -2.48. The molecule has 3 aromatic carbocycles. The zero-order valence-electron chi connectivity index (χ0n) is 15.8. The third-order valence-electron chi connectivity index (χ3n) is 4.98. The quantitative estimate of drug-likeness (QED) is 0.357. The lowest BCUT2D eigenvalue weighted by Gasteiger charge is -2.12. The van der Waals surface area contributed by atoms with Crippen molar-refractivity contribution in [2.75, 3.05) is 0 Å². The molecule has 0 aliphatic rings. The van der Waals surface area contributed by atoms with Gasteiger partial charge in [-0.3, -0.25) is 0 Å². The highest BCUT2D eigenvalue weighted by Crippen LogP contribution is 2.31. The van der Waals surface area contributed by atoms with Crippen LogP contribution in [-0.2, 0) is 6.42 Å². The van der Waals surface area contributed by atoms with Crippen molar-refractivity contribution in [3.05, 3.63) is 83.9 Å². The highest BCUT2D eigenvalue weighted by atomic mass is 19.1. The lowest BCUT2D eigenvalue weighted by molar-refractivity contribution is 0.614. The van der Waals surface area contributed by atoms with E-state index in [0.29, 0.717) is 5.56 Å². The molecule has 0 bridgehead atoms. The smallest absolute Gasteiger partial charge is 0.131 e. The monoisotopic (exact) mass is 364 g/mol. The van der Waals surface area contributed by atoms with Crippen LogP contribution in [0.5, 0.6) is 0 Å². The van der Waals surface area contributed by atoms with Crippen molar-refractivity contribution in [1.29, 1.82) is 0 Å². The second-order valence-electron chi connectivity index (χ2n) is 7.03. The number of hydrogen-bond acceptors (Lipinski definition) is 0. The van der Waals surface area contributed by atoms with Gasteiger partial charge >= 0.3 is 0 Å². The average molecular weight is 364 g/mol. The number of rotatable bonds is 8. The Labute approximate surface area is 160 Å². The minimum absolute atomic E-state index is 0.261. The lowest BCUT2D eigenvalue weighted by atomic mass is 9.93. The number of unbranched alkanes of at least 4 members (excludes halogenated alkanes) is 4. The minimum Gasteiger partial charge on any atom is -0.207 e. The maximum absolute atomic E-state index is 14.9. The van der Waals surface area contributed by atoms with Crippen LogP contribution in [0.25, 0.3) is 22.3 Å². The Morgan fingerprint density at radius 2 is 1.41 bits per heavy atom. The molecule has 0 nitrogen and oxygen atoms in total. The van der Waals surface area contributed by atoms with Crippen molar-refractivity contribution < 1.29 is 8.78 Å². The Bertz CT molecular complexity index is 869. The molecule has 2 heteroatoms. The molecule has 0 heterocycles. The largest absolute Gasteiger partial charge is 0.207 e. The van der Waals surface area contributed by atoms with Crippen LogP contribution >= 0.6 is 0 Å². The van der Waals surface area contributed by atoms with Crippen LogP contribution in [0.2, 0.25) is 0 Å². The van der Waals surface area contributed by atoms with Gasteiger partial charge < -0.3 is 0 Å². The van der Waals surface area contributed by atoms with E-state index >= 15 is 0 Å². The Kier molecular flexibility index (Phi) is 6.75. The molecule has 0 spiro atoms. The molecular weight excluding hydrogens is 338 g/mol. The topological polar surface area (TPSA) is 0 Å². The average Bonchev–Trinajstić information content (AvgIpc) is 2.69. The van der Waals surface area contributed by atoms with E-state index in [4.69, 9.17) is 0 Å². The van der Waals surface area contributed by atoms with E-state index in [-0.39, 0.29) is 11.6 Å². The van der Waals surface area contributed by atoms with Crippen LogP contribution in [-0.4, -0.2) is 0 Å². The highest BCUT2D eigenvalue weighted by Gasteiger charge is 2.12. The Morgan fingerprint density at radius 3 is 2.15 bits per heavy atom. The number of hydrogen-bond donors (Lipinski definition) is 0. The molecule has 0 fully saturated rings. The predicted molar refractivity (Wildman–Crippen MR) is 110 cm³/mol. The molecule has 0 aliphatic heterocycles. The standard InChI is InChI=1S/C25H26F2/c1-2-3-4-5-7-12-21-17-22(26)14-16-23(21)24-15-13-20(18-25(24)27)19-10-8-6-9-11-19/h6,8-11,13-18H,2-5,7,12H2,1H3. The lowest BCUT2D eigenvalue weighted by Crippen LogP contribution is -1.95. The summed E-state index contributed by atoms with van der Waals surface area (Å²) in [6, 6.07) is 19.8. The maximum atomic E-state index is 14.9. The van der Waals surface area contributed by atoms with Gasteiger partial charge in [0.15, 0.2) is 0 Å². The van der Waals surface area contributed by atoms with Gasteiger partial charge in [-0.05, 0) is 53.3 Å². The third-order valence-corrected chi connectivity index (χ3v) is 4.98. The molecule has 0 aliphatic carbocycles. The van der Waals surface area contributed by atoms with E-state index in [1.807, 2.05) is 42.5 Å². The summed E-state index contributed by atoms with van der Waals surface area (Å²) < 4.78 is 28.7. The molecule has 3 rings (SSSR count). The highest BCUT2D eigenvalue weighted by molar-refractivity contribution is 5.73. The van der Waals surface area contributed by atoms with Crippen LogP contribution in [0, 0.1) is 11.6 Å². The van der Waals surface area contributed by atoms with Gasteiger partial charge in [0.1, 0.15) is 11.6 Å². The van der Waals surface area contributed by atoms with Crippen molar-refractivity contribution >= 4 is 0 Å². The summed E-state index contributed by atoms with van der Waals surface area (Å²) in [6.45, 7) is 2.19. The zero-order valence-corrected chi connectivity index (χ0v) is 15.8. The van der Waals surface area contributed by atoms with Crippen LogP contribution in [0.3, 0.4) is 0 Å². The van der Waals surface area contributed by atoms with Crippen molar-refractivity contribution in [3.63, 3.8) is 0 Å². The van der Waals surface area contributed by atoms with Crippen molar-refractivity contribution in [3.8, 4) is 22.3 Å². The van der Waals surface area contributed by atoms with Crippen molar-refractivity contribution in [1.82, 2.24) is 0 Å². The molecule has 3 aromatic rings. The summed E-state index contributed by atoms with van der Waals surface area (Å²) in [5.74, 6) is -0.529. The zero-order chi connectivity index (χ0) is 19.1. The maximum Gasteiger partial charge on any atom is 0.131 e. The van der Waals surface area contributed by atoms with Crippen molar-refractivity contribution in [2.45, 2.75) is 45.4 Å². The molecule has 0 atom stereocenters. The Balaban J connectivity index is 1.85. The molecule has 140 valence electrons. The van der Waals surface area contributed by atoms with Crippen LogP contribution in [0.15, 0.2) is 66.7 Å². The fraction of sp³-hybridized carbons (Fsp3) is 0.280. The molecule has 27 heavy (non-hydrogen) atoms. The van der Waals surface area contributed by atoms with Crippen molar-refractivity contribution in [2.24, 2.45) is 0 Å². The van der Waals surface area contributed by atoms with E-state index in [1.54, 1.807) is 18.2 Å². The minimum atomic E-state index is -0.268. The SMILES string of the molecule is CCCCCCCc1cc(F)ccc1-c1ccc(-c2ccccc2)cc1F. The normalized spacial score (nSPS) is 10.9. The fourth-order valence-corrected chi connectivity index (χ4v) is 3.49. The van der Waals surface area contributed by atoms with Gasteiger partial charge in [-0.1, -0.05) is 81.1 Å². The van der Waals surface area contributed by atoms with E-state index in [0.717, 1.165) is 41.5 Å². The summed E-state index contributed by atoms with van der Waals surface area (Å²) in [5, 5.41) is 0. The van der Waals surface area contributed by atoms with E-state index in [9.17, 15) is 8.78 Å². The molecule has 0 N–H and O–H groups in total. The first-order valence-corrected chi connectivity index (χ1v) is 9.83. The number of aryl methyl sites for hydroxylation is 1. The van der Waals surface area contributed by atoms with E-state index in [2.05, 4.69) is 6.92 Å². The second-order valence-corrected chi connectivity index (χ2v) is 7.03. The summed E-state index contributed by atoms with van der Waals surface area (Å²) >= 11 is 0. The van der Waals surface area contributed by atoms with Crippen LogP contribution in [0.1, 0.15) is 44.6 Å². The van der Waals surface area contributed by atoms with Crippen LogP contribution in [0.4, 0.5) is 8.78 Å². The molecule has 0 amide bonds. The molecule has 0 unspecified atom stereocenters. The molecule has 0 saturated heterocycles. The first-order chi connectivity index (χ1) is 13.2. The fourth-order valence-electron chi connectivity index (χ4n) is 3.49. The first kappa shape index (κ1) is 19.3. The van der Waals surface area contributed by atoms with Gasteiger partial charge in [-0.15, -0.1) is 0 Å². The Morgan fingerprint density at radius 1 is 0.667 bits per heavy atom. The predicted octanol–water partition coefficient (Wildman–Crippen LogP) is 7.81. The summed E-state index contributed by atoms with van der Waals surface area (Å²) in [6.07, 6.45) is 6.52. The van der Waals surface area contributed by atoms with Gasteiger partial charge in [-0.25, -0.2) is 8.78 Å². The summed E-state index contributed by atoms with van der Waals surface area (Å²) in [4.78, 5) is 0. The molecular formula is C25H26F2. The summed E-state index contributed by atoms with van der Waals surface area (Å²) in [7, 11) is 0. The third kappa shape index (κ3) is 5.03. The van der Waals surface area contributed by atoms with Gasteiger partial charge in [0, 0.05) is 5.56 Å². The van der Waals surface area contributed by atoms with Gasteiger partial charge in [0.05, 0.1) is 0 Å². The first-order valence-electron chi connectivity index (χ1n) is 9.83. The van der Waals surface area contributed by atoms with E-state index < -0.39 is 0 Å². The molecule has 0 radical (unpaired) electrons. The van der Waals surface area contributed by atoms with Crippen LogP contribution < -0.4 is 0 Å². The second kappa shape index (κ2) is 9.45. The molecule has 0 saturated carbocycles. The number of benzene rings is 3. The van der Waals surface area contributed by atoms with Gasteiger partial charge in [0.2, 0.25) is 0 Å². The van der Waals surface area contributed by atoms with Gasteiger partial charge in [0.25, 0.3) is 0 Å². The molecule has 0 aromatic heterocycles. The summed E-state index contributed by atoms with van der Waals surface area (Å²) in [5.41, 5.74) is 4.05. The number of halogens is 2. The van der Waals surface area contributed by atoms with Gasteiger partial charge in [-0.2, -0.15) is 0 Å². The van der Waals surface area contributed by atoms with E-state index in [1.165, 1.54) is 25.3 Å².